The minimum absolute atomic E-state index is 0.0355. The zero-order valence-corrected chi connectivity index (χ0v) is 25.8. The fraction of sp³-hybridized carbons (Fsp3) is 0.545. The lowest BCUT2D eigenvalue weighted by Gasteiger charge is -2.19. The Kier molecular flexibility index (Phi) is 19.5. The summed E-state index contributed by atoms with van der Waals surface area (Å²) in [5, 5.41) is 22.6. The predicted molar refractivity (Wildman–Crippen MR) is 163 cm³/mol. The Hall–Kier alpha value is -2.83. The number of hydrogen-bond acceptors (Lipinski definition) is 5. The van der Waals surface area contributed by atoms with Gasteiger partial charge in [-0.25, -0.2) is 4.79 Å². The van der Waals surface area contributed by atoms with Gasteiger partial charge in [-0.3, -0.25) is 0 Å². The van der Waals surface area contributed by atoms with Crippen molar-refractivity contribution in [3.8, 4) is 5.75 Å². The average molecular weight is 544 g/mol. The fourth-order valence-corrected chi connectivity index (χ4v) is 4.00. The lowest BCUT2D eigenvalue weighted by molar-refractivity contribution is -0.153. The van der Waals surface area contributed by atoms with Crippen molar-refractivity contribution in [1.82, 2.24) is 5.32 Å². The first kappa shape index (κ1) is 36.2. The first-order valence-corrected chi connectivity index (χ1v) is 14.6. The number of carboxylic acids is 1. The zero-order valence-electron chi connectivity index (χ0n) is 25.8. The SMILES string of the molecule is CC.CC.CC/C=C(/NCc1cc(CCO)cc(CC(OC(C)C)C(=O)O)c1)c1ccc(OCCC)cc1C. The molecule has 2 rings (SSSR count). The number of nitrogens with one attached hydrogen (secondary N) is 1. The Bertz CT molecular complexity index is 984. The van der Waals surface area contributed by atoms with Crippen molar-refractivity contribution in [1.29, 1.82) is 0 Å². The highest BCUT2D eigenvalue weighted by Gasteiger charge is 2.20. The van der Waals surface area contributed by atoms with Crippen molar-refractivity contribution in [2.24, 2.45) is 0 Å². The number of aliphatic hydroxyl groups excluding tert-OH is 1. The summed E-state index contributed by atoms with van der Waals surface area (Å²) < 4.78 is 11.4. The third-order valence-corrected chi connectivity index (χ3v) is 5.50. The van der Waals surface area contributed by atoms with E-state index in [1.165, 1.54) is 0 Å². The van der Waals surface area contributed by atoms with Gasteiger partial charge >= 0.3 is 5.97 Å². The number of carbonyl (C=O) groups is 1. The number of aliphatic carboxylic acids is 1. The maximum absolute atomic E-state index is 11.7. The summed E-state index contributed by atoms with van der Waals surface area (Å²) in [5.74, 6) is -0.0946. The average Bonchev–Trinajstić information content (AvgIpc) is 2.92. The second kappa shape index (κ2) is 21.0. The largest absolute Gasteiger partial charge is 0.494 e. The topological polar surface area (TPSA) is 88.0 Å². The highest BCUT2D eigenvalue weighted by atomic mass is 16.5. The Labute approximate surface area is 237 Å². The van der Waals surface area contributed by atoms with Gasteiger partial charge < -0.3 is 25.0 Å². The second-order valence-corrected chi connectivity index (χ2v) is 9.05. The number of carboxylic acid groups (broad SMARTS) is 1. The third kappa shape index (κ3) is 13.7. The molecule has 2 aromatic carbocycles. The molecule has 2 aromatic rings. The Balaban J connectivity index is 0.00000344. The van der Waals surface area contributed by atoms with E-state index in [1.807, 2.05) is 59.7 Å². The molecule has 1 atom stereocenters. The highest BCUT2D eigenvalue weighted by molar-refractivity contribution is 5.73. The van der Waals surface area contributed by atoms with Gasteiger partial charge in [-0.05, 0) is 80.5 Å². The molecule has 0 aliphatic carbocycles. The van der Waals surface area contributed by atoms with E-state index in [-0.39, 0.29) is 19.1 Å². The van der Waals surface area contributed by atoms with Crippen molar-refractivity contribution >= 4 is 11.7 Å². The molecule has 3 N–H and O–H groups in total. The van der Waals surface area contributed by atoms with Crippen LogP contribution < -0.4 is 10.1 Å². The van der Waals surface area contributed by atoms with Gasteiger partial charge in [0.25, 0.3) is 0 Å². The highest BCUT2D eigenvalue weighted by Crippen LogP contribution is 2.24. The summed E-state index contributed by atoms with van der Waals surface area (Å²) in [6.45, 7) is 19.3. The molecule has 0 heterocycles. The zero-order chi connectivity index (χ0) is 29.8. The first-order chi connectivity index (χ1) is 18.8. The van der Waals surface area contributed by atoms with E-state index in [9.17, 15) is 15.0 Å². The fourth-order valence-electron chi connectivity index (χ4n) is 4.00. The normalized spacial score (nSPS) is 11.6. The molecule has 0 bridgehead atoms. The maximum atomic E-state index is 11.7. The number of aryl methyl sites for hydroxylation is 1. The van der Waals surface area contributed by atoms with E-state index >= 15 is 0 Å². The van der Waals surface area contributed by atoms with Gasteiger partial charge in [-0.15, -0.1) is 0 Å². The molecule has 0 aliphatic rings. The minimum Gasteiger partial charge on any atom is -0.494 e. The lowest BCUT2D eigenvalue weighted by Crippen LogP contribution is -2.29. The van der Waals surface area contributed by atoms with E-state index in [0.29, 0.717) is 19.6 Å². The monoisotopic (exact) mass is 543 g/mol. The van der Waals surface area contributed by atoms with Crippen molar-refractivity contribution in [2.75, 3.05) is 13.2 Å². The van der Waals surface area contributed by atoms with Gasteiger partial charge in [0, 0.05) is 30.8 Å². The first-order valence-electron chi connectivity index (χ1n) is 14.6. The number of rotatable bonds is 15. The van der Waals surface area contributed by atoms with E-state index in [4.69, 9.17) is 9.47 Å². The van der Waals surface area contributed by atoms with E-state index in [1.54, 1.807) is 0 Å². The molecular formula is C33H53NO5. The molecule has 1 unspecified atom stereocenters. The molecule has 39 heavy (non-hydrogen) atoms. The smallest absolute Gasteiger partial charge is 0.333 e. The van der Waals surface area contributed by atoms with Crippen LogP contribution in [0.5, 0.6) is 5.75 Å². The Morgan fingerprint density at radius 2 is 1.64 bits per heavy atom. The molecule has 0 aliphatic heterocycles. The van der Waals surface area contributed by atoms with Crippen LogP contribution in [0.2, 0.25) is 0 Å². The molecule has 0 amide bonds. The summed E-state index contributed by atoms with van der Waals surface area (Å²) in [6.07, 6.45) is 3.73. The van der Waals surface area contributed by atoms with Crippen LogP contribution in [0.3, 0.4) is 0 Å². The van der Waals surface area contributed by atoms with E-state index in [2.05, 4.69) is 50.4 Å². The molecule has 6 heteroatoms. The molecule has 0 aromatic heterocycles. The van der Waals surface area contributed by atoms with Crippen LogP contribution in [-0.4, -0.2) is 41.6 Å². The maximum Gasteiger partial charge on any atom is 0.333 e. The van der Waals surface area contributed by atoms with Crippen LogP contribution in [0.15, 0.2) is 42.5 Å². The predicted octanol–water partition coefficient (Wildman–Crippen LogP) is 7.33. The summed E-state index contributed by atoms with van der Waals surface area (Å²) in [7, 11) is 0. The Morgan fingerprint density at radius 3 is 2.18 bits per heavy atom. The molecule has 0 saturated heterocycles. The number of aliphatic hydroxyl groups is 1. The molecule has 6 nitrogen and oxygen atoms in total. The molecule has 0 radical (unpaired) electrons. The summed E-state index contributed by atoms with van der Waals surface area (Å²) in [4.78, 5) is 11.7. The van der Waals surface area contributed by atoms with Crippen molar-refractivity contribution in [3.05, 3.63) is 70.3 Å². The number of hydrogen-bond donors (Lipinski definition) is 3. The van der Waals surface area contributed by atoms with Crippen molar-refractivity contribution < 1.29 is 24.5 Å². The standard InChI is InChI=1S/C29H41NO5.2C2H6/c1-6-8-27(26-10-9-25(14-21(26)5)34-13-7-2)30-19-24-16-22(11-12-31)15-23(17-24)18-28(29(32)33)35-20(3)4;2*1-2/h8-10,14-17,20,28,30-31H,6-7,11-13,18-19H2,1-5H3,(H,32,33);2*1-2H3/b27-8+;;. The number of allylic oxidation sites excluding steroid dienone is 1. The van der Waals surface area contributed by atoms with Crippen molar-refractivity contribution in [2.45, 2.75) is 107 Å². The third-order valence-electron chi connectivity index (χ3n) is 5.50. The van der Waals surface area contributed by atoms with Gasteiger partial charge in [0.05, 0.1) is 12.7 Å². The van der Waals surface area contributed by atoms with Crippen LogP contribution in [0.4, 0.5) is 0 Å². The van der Waals surface area contributed by atoms with Crippen LogP contribution in [-0.2, 0) is 28.9 Å². The molecule has 0 saturated carbocycles. The second-order valence-electron chi connectivity index (χ2n) is 9.05. The molecule has 0 fully saturated rings. The van der Waals surface area contributed by atoms with E-state index < -0.39 is 12.1 Å². The van der Waals surface area contributed by atoms with E-state index in [0.717, 1.165) is 52.1 Å². The minimum atomic E-state index is -0.971. The van der Waals surface area contributed by atoms with Crippen LogP contribution in [0.1, 0.15) is 96.0 Å². The number of benzene rings is 2. The summed E-state index contributed by atoms with van der Waals surface area (Å²) >= 11 is 0. The van der Waals surface area contributed by atoms with Gasteiger partial charge in [-0.2, -0.15) is 0 Å². The lowest BCUT2D eigenvalue weighted by atomic mass is 9.99. The Morgan fingerprint density at radius 1 is 1.00 bits per heavy atom. The molecular weight excluding hydrogens is 490 g/mol. The van der Waals surface area contributed by atoms with Gasteiger partial charge in [-0.1, -0.05) is 65.8 Å². The quantitative estimate of drug-likeness (QED) is 0.218. The number of ether oxygens (including phenoxy) is 2. The summed E-state index contributed by atoms with van der Waals surface area (Å²) in [6, 6.07) is 12.2. The van der Waals surface area contributed by atoms with Gasteiger partial charge in [0.1, 0.15) is 5.75 Å². The molecule has 220 valence electrons. The molecule has 0 spiro atoms. The summed E-state index contributed by atoms with van der Waals surface area (Å²) in [5.41, 5.74) is 6.20. The van der Waals surface area contributed by atoms with Gasteiger partial charge in [0.15, 0.2) is 6.10 Å². The van der Waals surface area contributed by atoms with Crippen molar-refractivity contribution in [3.63, 3.8) is 0 Å². The van der Waals surface area contributed by atoms with Crippen LogP contribution in [0.25, 0.3) is 5.70 Å². The van der Waals surface area contributed by atoms with Crippen LogP contribution in [0, 0.1) is 6.92 Å². The van der Waals surface area contributed by atoms with Crippen LogP contribution >= 0.6 is 0 Å². The van der Waals surface area contributed by atoms with Gasteiger partial charge in [0.2, 0.25) is 0 Å².